The molecule has 0 N–H and O–H groups in total. The lowest BCUT2D eigenvalue weighted by Gasteiger charge is -2.37. The number of hydrogen-bond acceptors (Lipinski definition) is 0. The van der Waals surface area contributed by atoms with Gasteiger partial charge in [-0.15, -0.1) is 0 Å². The molecule has 23 heavy (non-hydrogen) atoms. The Bertz CT molecular complexity index is 523. The van der Waals surface area contributed by atoms with Crippen LogP contribution < -0.4 is 0 Å². The van der Waals surface area contributed by atoms with E-state index in [0.717, 1.165) is 44.3 Å². The summed E-state index contributed by atoms with van der Waals surface area (Å²) in [6.07, 6.45) is -0.147. The summed E-state index contributed by atoms with van der Waals surface area (Å²) in [7, 11) is 0. The first-order chi connectivity index (χ1) is 10.9. The molecule has 1 aliphatic rings. The molecule has 4 heteroatoms. The standard InChI is InChI=1S/C19H27F3N/c1-3-5-13-23(14-6-4-2)15-12-17(19(20,21)22)18(23)16-10-8-7-9-11-16/h7-11H,3-6,12-15H2,1-2H3/q+1. The maximum Gasteiger partial charge on any atom is 0.418 e. The van der Waals surface area contributed by atoms with Crippen molar-refractivity contribution in [3.8, 4) is 0 Å². The average Bonchev–Trinajstić information content (AvgIpc) is 2.92. The number of nitrogens with zero attached hydrogens (tertiary/aromatic N) is 1. The highest BCUT2D eigenvalue weighted by molar-refractivity contribution is 5.65. The fourth-order valence-corrected chi connectivity index (χ4v) is 3.64. The number of rotatable bonds is 7. The molecular formula is C19H27F3N+. The van der Waals surface area contributed by atoms with Crippen molar-refractivity contribution >= 4 is 5.70 Å². The van der Waals surface area contributed by atoms with E-state index < -0.39 is 6.18 Å². The smallest absolute Gasteiger partial charge is 0.290 e. The molecule has 128 valence electrons. The molecule has 1 nitrogen and oxygen atoms in total. The number of unbranched alkanes of at least 4 members (excludes halogenated alkanes) is 2. The van der Waals surface area contributed by atoms with Gasteiger partial charge >= 0.3 is 6.18 Å². The SMILES string of the molecule is CCCC[N+]1(CCCC)CCC(C(F)(F)F)=C1c1ccccc1. The fraction of sp³-hybridized carbons (Fsp3) is 0.579. The van der Waals surface area contributed by atoms with Crippen LogP contribution in [0.15, 0.2) is 35.9 Å². The lowest BCUT2D eigenvalue weighted by molar-refractivity contribution is -0.855. The number of quaternary nitrogens is 1. The van der Waals surface area contributed by atoms with Gasteiger partial charge in [-0.05, 0) is 25.0 Å². The van der Waals surface area contributed by atoms with E-state index in [1.165, 1.54) is 0 Å². The van der Waals surface area contributed by atoms with Crippen molar-refractivity contribution in [3.63, 3.8) is 0 Å². The summed E-state index contributed by atoms with van der Waals surface area (Å²) in [6, 6.07) is 9.19. The normalized spacial score (nSPS) is 17.8. The summed E-state index contributed by atoms with van der Waals surface area (Å²) in [5, 5.41) is 0. The molecule has 1 aromatic carbocycles. The highest BCUT2D eigenvalue weighted by Crippen LogP contribution is 2.45. The summed E-state index contributed by atoms with van der Waals surface area (Å²) >= 11 is 0. The highest BCUT2D eigenvalue weighted by Gasteiger charge is 2.49. The molecule has 0 radical (unpaired) electrons. The zero-order chi connectivity index (χ0) is 16.9. The highest BCUT2D eigenvalue weighted by atomic mass is 19.4. The Labute approximate surface area is 137 Å². The molecule has 0 spiro atoms. The predicted molar refractivity (Wildman–Crippen MR) is 88.7 cm³/mol. The van der Waals surface area contributed by atoms with Crippen LogP contribution in [0.25, 0.3) is 5.70 Å². The van der Waals surface area contributed by atoms with Crippen LogP contribution in [-0.4, -0.2) is 30.3 Å². The van der Waals surface area contributed by atoms with Crippen LogP contribution in [0.2, 0.25) is 0 Å². The van der Waals surface area contributed by atoms with Gasteiger partial charge in [-0.3, -0.25) is 4.48 Å². The van der Waals surface area contributed by atoms with Crippen molar-refractivity contribution in [1.29, 1.82) is 0 Å². The summed E-state index contributed by atoms with van der Waals surface area (Å²) in [6.45, 7) is 6.39. The molecule has 0 unspecified atom stereocenters. The molecule has 1 aromatic rings. The van der Waals surface area contributed by atoms with Crippen molar-refractivity contribution in [1.82, 2.24) is 0 Å². The molecular weight excluding hydrogens is 299 g/mol. The Morgan fingerprint density at radius 3 is 2.00 bits per heavy atom. The van der Waals surface area contributed by atoms with Gasteiger partial charge in [0, 0.05) is 12.0 Å². The van der Waals surface area contributed by atoms with Gasteiger partial charge in [0.15, 0.2) is 0 Å². The van der Waals surface area contributed by atoms with Gasteiger partial charge in [-0.1, -0.05) is 44.9 Å². The molecule has 1 heterocycles. The third-order valence-corrected chi connectivity index (χ3v) is 4.82. The van der Waals surface area contributed by atoms with E-state index in [1.54, 1.807) is 0 Å². The molecule has 0 saturated carbocycles. The second kappa shape index (κ2) is 7.52. The molecule has 2 rings (SSSR count). The molecule has 0 aromatic heterocycles. The van der Waals surface area contributed by atoms with Crippen molar-refractivity contribution in [2.45, 2.75) is 52.1 Å². The molecule has 0 saturated heterocycles. The van der Waals surface area contributed by atoms with E-state index in [2.05, 4.69) is 13.8 Å². The zero-order valence-electron chi connectivity index (χ0n) is 14.1. The molecule has 1 aliphatic heterocycles. The van der Waals surface area contributed by atoms with Gasteiger partial charge in [0.05, 0.1) is 19.6 Å². The van der Waals surface area contributed by atoms with E-state index in [9.17, 15) is 13.2 Å². The van der Waals surface area contributed by atoms with Crippen LogP contribution >= 0.6 is 0 Å². The topological polar surface area (TPSA) is 0 Å². The monoisotopic (exact) mass is 326 g/mol. The van der Waals surface area contributed by atoms with Crippen molar-refractivity contribution < 1.29 is 17.7 Å². The summed E-state index contributed by atoms with van der Waals surface area (Å²) in [4.78, 5) is 0. The van der Waals surface area contributed by atoms with Crippen LogP contribution in [0.3, 0.4) is 0 Å². The Morgan fingerprint density at radius 1 is 0.957 bits per heavy atom. The Kier molecular flexibility index (Phi) is 5.90. The first-order valence-electron chi connectivity index (χ1n) is 8.67. The average molecular weight is 326 g/mol. The number of halogens is 3. The lowest BCUT2D eigenvalue weighted by atomic mass is 10.0. The Morgan fingerprint density at radius 2 is 1.52 bits per heavy atom. The van der Waals surface area contributed by atoms with Crippen LogP contribution in [0.4, 0.5) is 13.2 Å². The number of alkyl halides is 3. The van der Waals surface area contributed by atoms with Crippen molar-refractivity contribution in [2.24, 2.45) is 0 Å². The Balaban J connectivity index is 2.53. The second-order valence-electron chi connectivity index (χ2n) is 6.46. The van der Waals surface area contributed by atoms with E-state index in [4.69, 9.17) is 0 Å². The van der Waals surface area contributed by atoms with Gasteiger partial charge in [-0.2, -0.15) is 13.2 Å². The molecule has 0 amide bonds. The van der Waals surface area contributed by atoms with E-state index in [1.807, 2.05) is 30.3 Å². The minimum atomic E-state index is -4.23. The van der Waals surface area contributed by atoms with Crippen LogP contribution in [0, 0.1) is 0 Å². The predicted octanol–water partition coefficient (Wildman–Crippen LogP) is 5.78. The quantitative estimate of drug-likeness (QED) is 0.557. The summed E-state index contributed by atoms with van der Waals surface area (Å²) in [5.74, 6) is 0. The van der Waals surface area contributed by atoms with Gasteiger partial charge in [0.25, 0.3) is 0 Å². The minimum Gasteiger partial charge on any atom is -0.290 e. The number of benzene rings is 1. The van der Waals surface area contributed by atoms with Crippen LogP contribution in [0.5, 0.6) is 0 Å². The third-order valence-electron chi connectivity index (χ3n) is 4.82. The van der Waals surface area contributed by atoms with Crippen molar-refractivity contribution in [3.05, 3.63) is 41.5 Å². The van der Waals surface area contributed by atoms with Crippen LogP contribution in [-0.2, 0) is 0 Å². The second-order valence-corrected chi connectivity index (χ2v) is 6.46. The van der Waals surface area contributed by atoms with E-state index in [-0.39, 0.29) is 12.0 Å². The molecule has 0 atom stereocenters. The largest absolute Gasteiger partial charge is 0.418 e. The summed E-state index contributed by atoms with van der Waals surface area (Å²) in [5.41, 5.74) is 0.959. The summed E-state index contributed by atoms with van der Waals surface area (Å²) < 4.78 is 41.3. The first-order valence-corrected chi connectivity index (χ1v) is 8.67. The molecule has 0 bridgehead atoms. The van der Waals surface area contributed by atoms with Gasteiger partial charge in [0.1, 0.15) is 11.3 Å². The number of hydrogen-bond donors (Lipinski definition) is 0. The van der Waals surface area contributed by atoms with E-state index in [0.29, 0.717) is 16.7 Å². The van der Waals surface area contributed by atoms with Gasteiger partial charge < -0.3 is 0 Å². The Hall–Kier alpha value is -1.29. The third kappa shape index (κ3) is 3.97. The van der Waals surface area contributed by atoms with Crippen LogP contribution in [0.1, 0.15) is 51.5 Å². The van der Waals surface area contributed by atoms with E-state index >= 15 is 0 Å². The maximum absolute atomic E-state index is 13.6. The fourth-order valence-electron chi connectivity index (χ4n) is 3.64. The molecule has 0 fully saturated rings. The minimum absolute atomic E-state index is 0.140. The lowest BCUT2D eigenvalue weighted by Crippen LogP contribution is -2.45. The zero-order valence-corrected chi connectivity index (χ0v) is 14.1. The maximum atomic E-state index is 13.6. The first kappa shape index (κ1) is 18.1. The van der Waals surface area contributed by atoms with Gasteiger partial charge in [-0.25, -0.2) is 0 Å². The van der Waals surface area contributed by atoms with Crippen molar-refractivity contribution in [2.75, 3.05) is 19.6 Å². The molecule has 0 aliphatic carbocycles. The van der Waals surface area contributed by atoms with Gasteiger partial charge in [0.2, 0.25) is 0 Å².